The average Bonchev–Trinajstić information content (AvgIpc) is 3.15. The molecule has 3 heterocycles. The summed E-state index contributed by atoms with van der Waals surface area (Å²) in [6, 6.07) is 10.3. The number of nitrogens with zero attached hydrogens (tertiary/aromatic N) is 4. The second-order valence-electron chi connectivity index (χ2n) is 7.71. The number of amides is 2. The van der Waals surface area contributed by atoms with E-state index in [-0.39, 0.29) is 17.0 Å². The number of primary amides is 1. The van der Waals surface area contributed by atoms with Gasteiger partial charge in [-0.1, -0.05) is 30.3 Å². The van der Waals surface area contributed by atoms with Crippen molar-refractivity contribution >= 4 is 17.6 Å². The van der Waals surface area contributed by atoms with Crippen LogP contribution in [0.4, 0.5) is 5.82 Å². The summed E-state index contributed by atoms with van der Waals surface area (Å²) < 4.78 is 0. The van der Waals surface area contributed by atoms with E-state index in [0.29, 0.717) is 12.4 Å². The largest absolute Gasteiger partial charge is 0.364 e. The number of hydrogen-bond donors (Lipinski definition) is 1. The molecule has 1 spiro atoms. The van der Waals surface area contributed by atoms with Gasteiger partial charge >= 0.3 is 0 Å². The zero-order valence-electron chi connectivity index (χ0n) is 15.9. The third kappa shape index (κ3) is 3.56. The Labute approximate surface area is 164 Å². The molecule has 1 atom stereocenters. The van der Waals surface area contributed by atoms with Crippen LogP contribution in [0.5, 0.6) is 0 Å². The number of hydrogen-bond acceptors (Lipinski definition) is 5. The molecule has 4 rings (SSSR count). The summed E-state index contributed by atoms with van der Waals surface area (Å²) in [5, 5.41) is 0. The van der Waals surface area contributed by atoms with Crippen LogP contribution in [-0.4, -0.2) is 52.9 Å². The van der Waals surface area contributed by atoms with Gasteiger partial charge in [-0.15, -0.1) is 0 Å². The van der Waals surface area contributed by atoms with Gasteiger partial charge < -0.3 is 15.5 Å². The highest BCUT2D eigenvalue weighted by Gasteiger charge is 2.48. The summed E-state index contributed by atoms with van der Waals surface area (Å²) in [6.45, 7) is 2.92. The predicted octanol–water partition coefficient (Wildman–Crippen LogP) is 1.64. The third-order valence-corrected chi connectivity index (χ3v) is 5.89. The average molecular weight is 379 g/mol. The third-order valence-electron chi connectivity index (χ3n) is 5.89. The van der Waals surface area contributed by atoms with Crippen LogP contribution in [0.2, 0.25) is 0 Å². The first-order chi connectivity index (χ1) is 13.6. The molecule has 7 nitrogen and oxygen atoms in total. The minimum atomic E-state index is -0.593. The Morgan fingerprint density at radius 2 is 1.96 bits per heavy atom. The topological polar surface area (TPSA) is 92.4 Å². The summed E-state index contributed by atoms with van der Waals surface area (Å²) in [6.07, 6.45) is 6.59. The SMILES string of the molecule is NC(=O)c1cncc(N2CC[C@]3(CCCN(CCc4ccccc4)C3=O)C2)n1. The number of benzene rings is 1. The molecule has 2 aliphatic heterocycles. The van der Waals surface area contributed by atoms with E-state index in [0.717, 1.165) is 45.3 Å². The lowest BCUT2D eigenvalue weighted by molar-refractivity contribution is -0.144. The van der Waals surface area contributed by atoms with Crippen LogP contribution in [0.1, 0.15) is 35.3 Å². The molecule has 28 heavy (non-hydrogen) atoms. The maximum atomic E-state index is 13.3. The second kappa shape index (κ2) is 7.58. The molecule has 0 saturated carbocycles. The van der Waals surface area contributed by atoms with Gasteiger partial charge in [-0.25, -0.2) is 4.98 Å². The van der Waals surface area contributed by atoms with E-state index in [1.54, 1.807) is 6.20 Å². The fraction of sp³-hybridized carbons (Fsp3) is 0.429. The maximum absolute atomic E-state index is 13.3. The molecule has 2 saturated heterocycles. The summed E-state index contributed by atoms with van der Waals surface area (Å²) in [5.74, 6) is 0.266. The Kier molecular flexibility index (Phi) is 4.98. The summed E-state index contributed by atoms with van der Waals surface area (Å²) >= 11 is 0. The molecule has 0 bridgehead atoms. The molecule has 2 N–H and O–H groups in total. The molecule has 0 aliphatic carbocycles. The van der Waals surface area contributed by atoms with E-state index in [1.807, 2.05) is 23.1 Å². The van der Waals surface area contributed by atoms with Crippen LogP contribution in [0.15, 0.2) is 42.7 Å². The van der Waals surface area contributed by atoms with Gasteiger partial charge in [0, 0.05) is 26.2 Å². The Balaban J connectivity index is 1.45. The van der Waals surface area contributed by atoms with Gasteiger partial charge in [0.05, 0.1) is 17.8 Å². The molecule has 0 radical (unpaired) electrons. The zero-order chi connectivity index (χ0) is 19.6. The smallest absolute Gasteiger partial charge is 0.268 e. The molecule has 2 amide bonds. The van der Waals surface area contributed by atoms with E-state index in [4.69, 9.17) is 5.73 Å². The normalized spacial score (nSPS) is 22.1. The van der Waals surface area contributed by atoms with E-state index in [1.165, 1.54) is 11.8 Å². The van der Waals surface area contributed by atoms with Gasteiger partial charge in [-0.3, -0.25) is 14.6 Å². The van der Waals surface area contributed by atoms with Gasteiger partial charge in [0.1, 0.15) is 11.5 Å². The highest BCUT2D eigenvalue weighted by molar-refractivity contribution is 5.90. The van der Waals surface area contributed by atoms with Crippen molar-refractivity contribution in [1.82, 2.24) is 14.9 Å². The number of piperidine rings is 1. The van der Waals surface area contributed by atoms with Crippen LogP contribution >= 0.6 is 0 Å². The number of carbonyl (C=O) groups is 2. The molecule has 7 heteroatoms. The Morgan fingerprint density at radius 1 is 1.14 bits per heavy atom. The molecule has 2 fully saturated rings. The Bertz CT molecular complexity index is 872. The molecular formula is C21H25N5O2. The van der Waals surface area contributed by atoms with Gasteiger partial charge in [0.15, 0.2) is 0 Å². The standard InChI is InChI=1S/C21H25N5O2/c22-19(27)17-13-23-14-18(24-17)26-12-9-21(15-26)8-4-10-25(20(21)28)11-7-16-5-2-1-3-6-16/h1-3,5-6,13-14H,4,7-12,15H2,(H2,22,27)/t21-/m1/s1. The van der Waals surface area contributed by atoms with Gasteiger partial charge in [0.25, 0.3) is 5.91 Å². The lowest BCUT2D eigenvalue weighted by Gasteiger charge is -2.39. The van der Waals surface area contributed by atoms with Crippen LogP contribution in [-0.2, 0) is 11.2 Å². The number of nitrogens with two attached hydrogens (primary N) is 1. The zero-order valence-corrected chi connectivity index (χ0v) is 15.9. The number of rotatable bonds is 5. The maximum Gasteiger partial charge on any atom is 0.268 e. The van der Waals surface area contributed by atoms with Crippen molar-refractivity contribution in [2.45, 2.75) is 25.7 Å². The highest BCUT2D eigenvalue weighted by Crippen LogP contribution is 2.41. The van der Waals surface area contributed by atoms with Crippen molar-refractivity contribution in [3.05, 3.63) is 54.0 Å². The quantitative estimate of drug-likeness (QED) is 0.853. The first-order valence-electron chi connectivity index (χ1n) is 9.77. The fourth-order valence-electron chi connectivity index (χ4n) is 4.35. The molecule has 1 aromatic carbocycles. The van der Waals surface area contributed by atoms with Crippen molar-refractivity contribution < 1.29 is 9.59 Å². The molecule has 0 unspecified atom stereocenters. The monoisotopic (exact) mass is 379 g/mol. The second-order valence-corrected chi connectivity index (χ2v) is 7.71. The molecular weight excluding hydrogens is 354 g/mol. The van der Waals surface area contributed by atoms with Gasteiger partial charge in [-0.05, 0) is 31.2 Å². The first kappa shape index (κ1) is 18.4. The minimum Gasteiger partial charge on any atom is -0.364 e. The first-order valence-corrected chi connectivity index (χ1v) is 9.77. The van der Waals surface area contributed by atoms with Crippen molar-refractivity contribution in [1.29, 1.82) is 0 Å². The van der Waals surface area contributed by atoms with Crippen LogP contribution < -0.4 is 10.6 Å². The van der Waals surface area contributed by atoms with Crippen molar-refractivity contribution in [3.8, 4) is 0 Å². The van der Waals surface area contributed by atoms with Crippen LogP contribution in [0, 0.1) is 5.41 Å². The lowest BCUT2D eigenvalue weighted by Crippen LogP contribution is -2.50. The summed E-state index contributed by atoms with van der Waals surface area (Å²) in [7, 11) is 0. The minimum absolute atomic E-state index is 0.151. The van der Waals surface area contributed by atoms with Crippen LogP contribution in [0.25, 0.3) is 0 Å². The predicted molar refractivity (Wildman–Crippen MR) is 106 cm³/mol. The molecule has 2 aromatic rings. The van der Waals surface area contributed by atoms with Crippen molar-refractivity contribution in [3.63, 3.8) is 0 Å². The van der Waals surface area contributed by atoms with Crippen LogP contribution in [0.3, 0.4) is 0 Å². The van der Waals surface area contributed by atoms with Crippen molar-refractivity contribution in [2.24, 2.45) is 11.1 Å². The van der Waals surface area contributed by atoms with Gasteiger partial charge in [0.2, 0.25) is 5.91 Å². The number of carbonyl (C=O) groups excluding carboxylic acids is 2. The lowest BCUT2D eigenvalue weighted by atomic mass is 9.78. The fourth-order valence-corrected chi connectivity index (χ4v) is 4.35. The van der Waals surface area contributed by atoms with Crippen molar-refractivity contribution in [2.75, 3.05) is 31.1 Å². The van der Waals surface area contributed by atoms with E-state index in [2.05, 4.69) is 27.0 Å². The molecule has 2 aliphatic rings. The summed E-state index contributed by atoms with van der Waals surface area (Å²) in [5.41, 5.74) is 6.36. The van der Waals surface area contributed by atoms with E-state index >= 15 is 0 Å². The molecule has 1 aromatic heterocycles. The summed E-state index contributed by atoms with van der Waals surface area (Å²) in [4.78, 5) is 37.2. The van der Waals surface area contributed by atoms with E-state index < -0.39 is 5.91 Å². The number of anilines is 1. The van der Waals surface area contributed by atoms with E-state index in [9.17, 15) is 9.59 Å². The number of likely N-dealkylation sites (tertiary alicyclic amines) is 1. The Hall–Kier alpha value is -2.96. The van der Waals surface area contributed by atoms with Gasteiger partial charge in [-0.2, -0.15) is 0 Å². The number of aromatic nitrogens is 2. The highest BCUT2D eigenvalue weighted by atomic mass is 16.2. The Morgan fingerprint density at radius 3 is 2.75 bits per heavy atom. The molecule has 146 valence electrons.